The molecular weight excluding hydrogens is 148 g/mol. The highest BCUT2D eigenvalue weighted by Crippen LogP contribution is 2.12. The third-order valence-corrected chi connectivity index (χ3v) is 1.72. The molecular formula is C10H16N2. The molecule has 0 saturated carbocycles. The van der Waals surface area contributed by atoms with E-state index in [0.29, 0.717) is 0 Å². The Hall–Kier alpha value is -1.02. The number of nitrogen functional groups attached to an aromatic ring is 1. The Bertz CT molecular complexity index is 246. The Labute approximate surface area is 73.6 Å². The van der Waals surface area contributed by atoms with Crippen LogP contribution in [0.1, 0.15) is 18.1 Å². The summed E-state index contributed by atoms with van der Waals surface area (Å²) in [7, 11) is 0. The molecule has 1 rings (SSSR count). The first-order valence-electron chi connectivity index (χ1n) is 4.19. The first kappa shape index (κ1) is 9.07. The third-order valence-electron chi connectivity index (χ3n) is 1.72. The maximum Gasteiger partial charge on any atom is 0.0319 e. The van der Waals surface area contributed by atoms with Crippen molar-refractivity contribution in [2.45, 2.75) is 26.3 Å². The second-order valence-corrected chi connectivity index (χ2v) is 3.43. The van der Waals surface area contributed by atoms with Gasteiger partial charge in [0.15, 0.2) is 0 Å². The van der Waals surface area contributed by atoms with Crippen LogP contribution in [-0.2, 0) is 6.42 Å². The lowest BCUT2D eigenvalue weighted by molar-refractivity contribution is 0.738. The van der Waals surface area contributed by atoms with E-state index >= 15 is 0 Å². The Morgan fingerprint density at radius 3 is 2.50 bits per heavy atom. The normalized spacial score (nSPS) is 12.9. The second kappa shape index (κ2) is 3.59. The molecule has 4 N–H and O–H groups in total. The molecule has 12 heavy (non-hydrogen) atoms. The molecule has 0 heterocycles. The van der Waals surface area contributed by atoms with Gasteiger partial charge in [-0.25, -0.2) is 0 Å². The fourth-order valence-electron chi connectivity index (χ4n) is 1.38. The molecule has 0 aromatic heterocycles. The zero-order valence-corrected chi connectivity index (χ0v) is 7.67. The molecule has 2 heteroatoms. The third kappa shape index (κ3) is 2.55. The van der Waals surface area contributed by atoms with Crippen LogP contribution < -0.4 is 11.5 Å². The van der Waals surface area contributed by atoms with E-state index in [1.165, 1.54) is 11.1 Å². The Morgan fingerprint density at radius 2 is 2.00 bits per heavy atom. The highest BCUT2D eigenvalue weighted by atomic mass is 14.6. The molecule has 2 nitrogen and oxygen atoms in total. The Kier molecular flexibility index (Phi) is 2.71. The molecule has 0 amide bonds. The average Bonchev–Trinajstić information content (AvgIpc) is 1.81. The predicted molar refractivity (Wildman–Crippen MR) is 52.9 cm³/mol. The summed E-state index contributed by atoms with van der Waals surface area (Å²) in [4.78, 5) is 0. The number of benzene rings is 1. The van der Waals surface area contributed by atoms with Gasteiger partial charge in [0, 0.05) is 11.7 Å². The number of hydrogen-bond donors (Lipinski definition) is 2. The fraction of sp³-hybridized carbons (Fsp3) is 0.400. The molecule has 1 atom stereocenters. The van der Waals surface area contributed by atoms with Crippen molar-refractivity contribution in [1.29, 1.82) is 0 Å². The first-order valence-corrected chi connectivity index (χ1v) is 4.19. The highest BCUT2D eigenvalue weighted by molar-refractivity contribution is 5.44. The average molecular weight is 164 g/mol. The summed E-state index contributed by atoms with van der Waals surface area (Å²) >= 11 is 0. The number of aryl methyl sites for hydroxylation is 1. The molecule has 1 aromatic rings. The minimum Gasteiger partial charge on any atom is -0.399 e. The maximum atomic E-state index is 5.69. The van der Waals surface area contributed by atoms with E-state index < -0.39 is 0 Å². The van der Waals surface area contributed by atoms with Crippen molar-refractivity contribution in [2.75, 3.05) is 5.73 Å². The minimum atomic E-state index is 0.200. The second-order valence-electron chi connectivity index (χ2n) is 3.43. The SMILES string of the molecule is Cc1cc(N)cc(C[C@H](C)N)c1. The first-order chi connectivity index (χ1) is 5.58. The monoisotopic (exact) mass is 164 g/mol. The fourth-order valence-corrected chi connectivity index (χ4v) is 1.38. The zero-order chi connectivity index (χ0) is 9.14. The molecule has 66 valence electrons. The number of rotatable bonds is 2. The summed E-state index contributed by atoms with van der Waals surface area (Å²) < 4.78 is 0. The topological polar surface area (TPSA) is 52.0 Å². The summed E-state index contributed by atoms with van der Waals surface area (Å²) in [6.45, 7) is 4.04. The molecule has 0 aliphatic rings. The van der Waals surface area contributed by atoms with Crippen molar-refractivity contribution in [3.05, 3.63) is 29.3 Å². The van der Waals surface area contributed by atoms with Gasteiger partial charge in [0.2, 0.25) is 0 Å². The number of nitrogens with two attached hydrogens (primary N) is 2. The predicted octanol–water partition coefficient (Wildman–Crippen LogP) is 1.47. The van der Waals surface area contributed by atoms with E-state index in [1.54, 1.807) is 0 Å². The van der Waals surface area contributed by atoms with Gasteiger partial charge in [-0.05, 0) is 43.5 Å². The highest BCUT2D eigenvalue weighted by Gasteiger charge is 1.99. The quantitative estimate of drug-likeness (QED) is 0.650. The van der Waals surface area contributed by atoms with Crippen molar-refractivity contribution in [3.63, 3.8) is 0 Å². The van der Waals surface area contributed by atoms with E-state index in [4.69, 9.17) is 11.5 Å². The zero-order valence-electron chi connectivity index (χ0n) is 7.67. The summed E-state index contributed by atoms with van der Waals surface area (Å²) in [6.07, 6.45) is 0.895. The van der Waals surface area contributed by atoms with E-state index in [-0.39, 0.29) is 6.04 Å². The van der Waals surface area contributed by atoms with E-state index in [2.05, 4.69) is 6.07 Å². The van der Waals surface area contributed by atoms with Crippen molar-refractivity contribution in [2.24, 2.45) is 5.73 Å². The van der Waals surface area contributed by atoms with Gasteiger partial charge in [-0.3, -0.25) is 0 Å². The van der Waals surface area contributed by atoms with E-state index in [0.717, 1.165) is 12.1 Å². The van der Waals surface area contributed by atoms with Crippen LogP contribution in [0.2, 0.25) is 0 Å². The van der Waals surface area contributed by atoms with Gasteiger partial charge in [0.05, 0.1) is 0 Å². The summed E-state index contributed by atoms with van der Waals surface area (Å²) in [5, 5.41) is 0. The Balaban J connectivity index is 2.85. The van der Waals surface area contributed by atoms with Crippen LogP contribution >= 0.6 is 0 Å². The Morgan fingerprint density at radius 1 is 1.33 bits per heavy atom. The molecule has 0 unspecified atom stereocenters. The van der Waals surface area contributed by atoms with Crippen LogP contribution in [0.25, 0.3) is 0 Å². The van der Waals surface area contributed by atoms with E-state index in [1.807, 2.05) is 26.0 Å². The summed E-state index contributed by atoms with van der Waals surface area (Å²) in [5.74, 6) is 0. The van der Waals surface area contributed by atoms with Gasteiger partial charge in [-0.15, -0.1) is 0 Å². The lowest BCUT2D eigenvalue weighted by Gasteiger charge is -2.07. The maximum absolute atomic E-state index is 5.69. The minimum absolute atomic E-state index is 0.200. The molecule has 1 aromatic carbocycles. The van der Waals surface area contributed by atoms with Gasteiger partial charge >= 0.3 is 0 Å². The lowest BCUT2D eigenvalue weighted by Crippen LogP contribution is -2.17. The standard InChI is InChI=1S/C10H16N2/c1-7-3-9(5-8(2)11)6-10(12)4-7/h3-4,6,8H,5,11-12H2,1-2H3/t8-/m0/s1. The molecule has 0 saturated heterocycles. The van der Waals surface area contributed by atoms with Gasteiger partial charge in [0.1, 0.15) is 0 Å². The molecule has 0 spiro atoms. The van der Waals surface area contributed by atoms with Crippen LogP contribution in [0.5, 0.6) is 0 Å². The van der Waals surface area contributed by atoms with Crippen LogP contribution in [0.4, 0.5) is 5.69 Å². The number of hydrogen-bond acceptors (Lipinski definition) is 2. The van der Waals surface area contributed by atoms with Crippen LogP contribution in [0, 0.1) is 6.92 Å². The van der Waals surface area contributed by atoms with Gasteiger partial charge in [-0.1, -0.05) is 6.07 Å². The molecule has 0 radical (unpaired) electrons. The molecule has 0 aliphatic carbocycles. The van der Waals surface area contributed by atoms with Gasteiger partial charge < -0.3 is 11.5 Å². The van der Waals surface area contributed by atoms with Crippen molar-refractivity contribution < 1.29 is 0 Å². The van der Waals surface area contributed by atoms with Crippen molar-refractivity contribution in [3.8, 4) is 0 Å². The van der Waals surface area contributed by atoms with Crippen molar-refractivity contribution in [1.82, 2.24) is 0 Å². The van der Waals surface area contributed by atoms with Crippen LogP contribution in [-0.4, -0.2) is 6.04 Å². The van der Waals surface area contributed by atoms with Gasteiger partial charge in [0.25, 0.3) is 0 Å². The smallest absolute Gasteiger partial charge is 0.0319 e. The lowest BCUT2D eigenvalue weighted by atomic mass is 10.0. The largest absolute Gasteiger partial charge is 0.399 e. The molecule has 0 aliphatic heterocycles. The molecule has 0 fully saturated rings. The van der Waals surface area contributed by atoms with Crippen LogP contribution in [0.3, 0.4) is 0 Å². The van der Waals surface area contributed by atoms with E-state index in [9.17, 15) is 0 Å². The molecule has 0 bridgehead atoms. The summed E-state index contributed by atoms with van der Waals surface area (Å²) in [5.41, 5.74) is 14.6. The van der Waals surface area contributed by atoms with Crippen molar-refractivity contribution >= 4 is 5.69 Å². The van der Waals surface area contributed by atoms with Crippen LogP contribution in [0.15, 0.2) is 18.2 Å². The summed E-state index contributed by atoms with van der Waals surface area (Å²) in [6, 6.07) is 6.27. The van der Waals surface area contributed by atoms with Gasteiger partial charge in [-0.2, -0.15) is 0 Å². The number of anilines is 1.